The van der Waals surface area contributed by atoms with Crippen LogP contribution in [0.4, 0.5) is 0 Å². The van der Waals surface area contributed by atoms with Crippen molar-refractivity contribution in [2.24, 2.45) is 0 Å². The van der Waals surface area contributed by atoms with E-state index in [4.69, 9.17) is 0 Å². The average Bonchev–Trinajstić information content (AvgIpc) is 2.77. The van der Waals surface area contributed by atoms with Gasteiger partial charge >= 0.3 is 5.97 Å². The summed E-state index contributed by atoms with van der Waals surface area (Å²) in [7, 11) is -3.46. The third-order valence-corrected chi connectivity index (χ3v) is 4.84. The molecule has 1 aliphatic rings. The molecule has 1 heterocycles. The van der Waals surface area contributed by atoms with Crippen molar-refractivity contribution in [2.45, 2.75) is 51.1 Å². The zero-order valence-electron chi connectivity index (χ0n) is 12.0. The van der Waals surface area contributed by atoms with E-state index in [1.807, 2.05) is 6.92 Å². The van der Waals surface area contributed by atoms with Crippen molar-refractivity contribution in [3.8, 4) is 0 Å². The van der Waals surface area contributed by atoms with E-state index in [0.29, 0.717) is 32.2 Å². The lowest BCUT2D eigenvalue weighted by molar-refractivity contribution is -0.147. The van der Waals surface area contributed by atoms with E-state index in [-0.39, 0.29) is 0 Å². The molecule has 1 fully saturated rings. The van der Waals surface area contributed by atoms with E-state index >= 15 is 0 Å². The van der Waals surface area contributed by atoms with Crippen molar-refractivity contribution in [1.82, 2.24) is 9.62 Å². The second kappa shape index (κ2) is 6.09. The van der Waals surface area contributed by atoms with Gasteiger partial charge in [0.1, 0.15) is 11.6 Å². The highest BCUT2D eigenvalue weighted by molar-refractivity contribution is 7.88. The highest BCUT2D eigenvalue weighted by Crippen LogP contribution is 2.22. The number of sulfonamides is 1. The van der Waals surface area contributed by atoms with Crippen molar-refractivity contribution in [3.05, 3.63) is 0 Å². The molecule has 1 aliphatic heterocycles. The predicted octanol–water partition coefficient (Wildman–Crippen LogP) is 0.170. The van der Waals surface area contributed by atoms with Crippen LogP contribution >= 0.6 is 0 Å². The first-order valence-corrected chi connectivity index (χ1v) is 8.49. The van der Waals surface area contributed by atoms with E-state index in [2.05, 4.69) is 5.32 Å². The zero-order chi connectivity index (χ0) is 15.6. The summed E-state index contributed by atoms with van der Waals surface area (Å²) in [6.07, 6.45) is 2.97. The van der Waals surface area contributed by atoms with Gasteiger partial charge in [0.25, 0.3) is 0 Å². The molecule has 2 unspecified atom stereocenters. The minimum atomic E-state index is -3.46. The number of carbonyl (C=O) groups is 2. The SMILES string of the molecule is CCCC(C)(NC(=O)C1CCCN1S(C)(=O)=O)C(=O)O. The molecule has 2 N–H and O–H groups in total. The molecular formula is C12H22N2O5S. The fourth-order valence-electron chi connectivity index (χ4n) is 2.48. The Kier molecular flexibility index (Phi) is 5.15. The van der Waals surface area contributed by atoms with Gasteiger partial charge in [-0.1, -0.05) is 13.3 Å². The average molecular weight is 306 g/mol. The number of hydrogen-bond acceptors (Lipinski definition) is 4. The molecule has 1 saturated heterocycles. The largest absolute Gasteiger partial charge is 0.480 e. The zero-order valence-corrected chi connectivity index (χ0v) is 12.9. The van der Waals surface area contributed by atoms with Gasteiger partial charge in [0.15, 0.2) is 0 Å². The summed E-state index contributed by atoms with van der Waals surface area (Å²) >= 11 is 0. The maximum absolute atomic E-state index is 12.2. The molecule has 0 saturated carbocycles. The van der Waals surface area contributed by atoms with Gasteiger partial charge in [-0.2, -0.15) is 4.31 Å². The van der Waals surface area contributed by atoms with Crippen molar-refractivity contribution < 1.29 is 23.1 Å². The summed E-state index contributed by atoms with van der Waals surface area (Å²) in [4.78, 5) is 23.5. The quantitative estimate of drug-likeness (QED) is 0.728. The summed E-state index contributed by atoms with van der Waals surface area (Å²) in [6, 6.07) is -0.805. The first-order valence-electron chi connectivity index (χ1n) is 6.64. The Hall–Kier alpha value is -1.15. The van der Waals surface area contributed by atoms with E-state index in [0.717, 1.165) is 10.6 Å². The van der Waals surface area contributed by atoms with E-state index in [1.54, 1.807) is 0 Å². The van der Waals surface area contributed by atoms with E-state index in [9.17, 15) is 23.1 Å². The number of hydrogen-bond donors (Lipinski definition) is 2. The standard InChI is InChI=1S/C12H22N2O5S/c1-4-7-12(2,11(16)17)13-10(15)9-6-5-8-14(9)20(3,18)19/h9H,4-8H2,1-3H3,(H,13,15)(H,16,17). The monoisotopic (exact) mass is 306 g/mol. The second-order valence-electron chi connectivity index (χ2n) is 5.41. The minimum absolute atomic E-state index is 0.291. The number of carbonyl (C=O) groups excluding carboxylic acids is 1. The van der Waals surface area contributed by atoms with Crippen LogP contribution in [-0.2, 0) is 19.6 Å². The van der Waals surface area contributed by atoms with Gasteiger partial charge in [0.2, 0.25) is 15.9 Å². The topological polar surface area (TPSA) is 104 Å². The third-order valence-electron chi connectivity index (χ3n) is 3.55. The Bertz CT molecular complexity index is 490. The molecule has 7 nitrogen and oxygen atoms in total. The fourth-order valence-corrected chi connectivity index (χ4v) is 3.60. The molecule has 1 rings (SSSR count). The lowest BCUT2D eigenvalue weighted by Crippen LogP contribution is -2.57. The predicted molar refractivity (Wildman–Crippen MR) is 73.7 cm³/mol. The summed E-state index contributed by atoms with van der Waals surface area (Å²) in [5.74, 6) is -1.65. The van der Waals surface area contributed by atoms with Crippen LogP contribution in [-0.4, -0.2) is 54.1 Å². The lowest BCUT2D eigenvalue weighted by atomic mass is 9.95. The van der Waals surface area contributed by atoms with Gasteiger partial charge in [0.05, 0.1) is 6.26 Å². The number of aliphatic carboxylic acids is 1. The Balaban J connectivity index is 2.87. The number of carboxylic acids is 1. The van der Waals surface area contributed by atoms with Crippen LogP contribution < -0.4 is 5.32 Å². The van der Waals surface area contributed by atoms with Crippen LogP contribution in [0.15, 0.2) is 0 Å². The number of amides is 1. The first-order chi connectivity index (χ1) is 9.12. The van der Waals surface area contributed by atoms with Gasteiger partial charge in [-0.05, 0) is 26.2 Å². The van der Waals surface area contributed by atoms with Crippen molar-refractivity contribution in [3.63, 3.8) is 0 Å². The molecule has 0 radical (unpaired) electrons. The summed E-state index contributed by atoms with van der Waals surface area (Å²) in [5, 5.41) is 11.7. The highest BCUT2D eigenvalue weighted by Gasteiger charge is 2.41. The fraction of sp³-hybridized carbons (Fsp3) is 0.833. The summed E-state index contributed by atoms with van der Waals surface area (Å²) < 4.78 is 24.3. The third kappa shape index (κ3) is 3.69. The Morgan fingerprint density at radius 2 is 2.05 bits per heavy atom. The van der Waals surface area contributed by atoms with Crippen LogP contribution in [0.3, 0.4) is 0 Å². The molecule has 0 bridgehead atoms. The van der Waals surface area contributed by atoms with Crippen LogP contribution in [0.2, 0.25) is 0 Å². The number of carboxylic acid groups (broad SMARTS) is 1. The van der Waals surface area contributed by atoms with Crippen LogP contribution in [0, 0.1) is 0 Å². The number of rotatable bonds is 6. The molecule has 0 spiro atoms. The molecule has 0 aromatic carbocycles. The molecular weight excluding hydrogens is 284 g/mol. The van der Waals surface area contributed by atoms with E-state index in [1.165, 1.54) is 6.92 Å². The minimum Gasteiger partial charge on any atom is -0.480 e. The van der Waals surface area contributed by atoms with Crippen molar-refractivity contribution >= 4 is 21.9 Å². The Labute approximate surface area is 119 Å². The Morgan fingerprint density at radius 1 is 1.45 bits per heavy atom. The second-order valence-corrected chi connectivity index (χ2v) is 7.34. The molecule has 116 valence electrons. The van der Waals surface area contributed by atoms with Gasteiger partial charge in [-0.15, -0.1) is 0 Å². The number of nitrogens with one attached hydrogen (secondary N) is 1. The Morgan fingerprint density at radius 3 is 2.50 bits per heavy atom. The van der Waals surface area contributed by atoms with Gasteiger partial charge in [-0.3, -0.25) is 4.79 Å². The van der Waals surface area contributed by atoms with Crippen LogP contribution in [0.1, 0.15) is 39.5 Å². The van der Waals surface area contributed by atoms with Crippen molar-refractivity contribution in [1.29, 1.82) is 0 Å². The van der Waals surface area contributed by atoms with Gasteiger partial charge < -0.3 is 10.4 Å². The van der Waals surface area contributed by atoms with Crippen LogP contribution in [0.5, 0.6) is 0 Å². The summed E-state index contributed by atoms with van der Waals surface area (Å²) in [6.45, 7) is 3.57. The number of nitrogens with zero attached hydrogens (tertiary/aromatic N) is 1. The van der Waals surface area contributed by atoms with Gasteiger partial charge in [0, 0.05) is 6.54 Å². The first kappa shape index (κ1) is 16.9. The molecule has 8 heteroatoms. The lowest BCUT2D eigenvalue weighted by Gasteiger charge is -2.29. The maximum Gasteiger partial charge on any atom is 0.329 e. The normalized spacial score (nSPS) is 23.2. The van der Waals surface area contributed by atoms with Crippen molar-refractivity contribution in [2.75, 3.05) is 12.8 Å². The molecule has 0 aromatic rings. The summed E-state index contributed by atoms with van der Waals surface area (Å²) in [5.41, 5.74) is -1.36. The molecule has 0 aliphatic carbocycles. The molecule has 2 atom stereocenters. The molecule has 1 amide bonds. The van der Waals surface area contributed by atoms with E-state index < -0.39 is 33.5 Å². The smallest absolute Gasteiger partial charge is 0.329 e. The van der Waals surface area contributed by atoms with Crippen LogP contribution in [0.25, 0.3) is 0 Å². The highest BCUT2D eigenvalue weighted by atomic mass is 32.2. The molecule has 0 aromatic heterocycles. The van der Waals surface area contributed by atoms with Gasteiger partial charge in [-0.25, -0.2) is 13.2 Å². The maximum atomic E-state index is 12.2. The molecule has 20 heavy (non-hydrogen) atoms.